The first-order valence-corrected chi connectivity index (χ1v) is 5.67. The average molecular weight is 281 g/mol. The number of aldehydes is 1. The predicted molar refractivity (Wildman–Crippen MR) is 67.3 cm³/mol. The first-order valence-electron chi connectivity index (χ1n) is 4.91. The molecular formula is C12H6Cl2N2O2. The molecule has 2 aromatic rings. The Morgan fingerprint density at radius 2 is 1.78 bits per heavy atom. The molecule has 1 heterocycles. The van der Waals surface area contributed by atoms with Gasteiger partial charge in [-0.1, -0.05) is 41.9 Å². The van der Waals surface area contributed by atoms with E-state index < -0.39 is 5.78 Å². The lowest BCUT2D eigenvalue weighted by molar-refractivity contribution is 0.102. The van der Waals surface area contributed by atoms with Crippen molar-refractivity contribution in [2.45, 2.75) is 0 Å². The van der Waals surface area contributed by atoms with Gasteiger partial charge in [-0.15, -0.1) is 0 Å². The number of carbonyl (C=O) groups is 2. The van der Waals surface area contributed by atoms with Gasteiger partial charge in [0.1, 0.15) is 10.8 Å². The van der Waals surface area contributed by atoms with E-state index in [1.807, 2.05) is 0 Å². The molecule has 0 saturated heterocycles. The van der Waals surface area contributed by atoms with E-state index in [0.29, 0.717) is 11.8 Å². The normalized spacial score (nSPS) is 10.1. The van der Waals surface area contributed by atoms with Crippen molar-refractivity contribution in [2.75, 3.05) is 0 Å². The van der Waals surface area contributed by atoms with E-state index in [-0.39, 0.29) is 21.7 Å². The van der Waals surface area contributed by atoms with Crippen molar-refractivity contribution in [3.8, 4) is 0 Å². The van der Waals surface area contributed by atoms with Crippen molar-refractivity contribution in [3.63, 3.8) is 0 Å². The minimum absolute atomic E-state index is 0.0603. The zero-order chi connectivity index (χ0) is 13.1. The third kappa shape index (κ3) is 2.39. The molecule has 1 aromatic heterocycles. The zero-order valence-corrected chi connectivity index (χ0v) is 10.4. The molecule has 0 radical (unpaired) electrons. The standard InChI is InChI=1S/C12H6Cl2N2O2/c13-11-8(6-17)9(15-12(14)16-11)10(18)7-4-2-1-3-5-7/h1-6H. The van der Waals surface area contributed by atoms with E-state index in [4.69, 9.17) is 23.2 Å². The molecule has 4 nitrogen and oxygen atoms in total. The van der Waals surface area contributed by atoms with Crippen LogP contribution < -0.4 is 0 Å². The molecular weight excluding hydrogens is 275 g/mol. The number of aromatic nitrogens is 2. The van der Waals surface area contributed by atoms with E-state index in [9.17, 15) is 9.59 Å². The van der Waals surface area contributed by atoms with Crippen molar-refractivity contribution >= 4 is 35.3 Å². The maximum atomic E-state index is 12.2. The lowest BCUT2D eigenvalue weighted by Crippen LogP contribution is -2.10. The highest BCUT2D eigenvalue weighted by Gasteiger charge is 2.19. The Balaban J connectivity index is 2.58. The molecule has 0 fully saturated rings. The van der Waals surface area contributed by atoms with Crippen LogP contribution in [0.3, 0.4) is 0 Å². The Hall–Kier alpha value is -1.78. The number of carbonyl (C=O) groups excluding carboxylic acids is 2. The highest BCUT2D eigenvalue weighted by Crippen LogP contribution is 2.19. The lowest BCUT2D eigenvalue weighted by Gasteiger charge is -2.04. The smallest absolute Gasteiger partial charge is 0.224 e. The Labute approximate surface area is 113 Å². The van der Waals surface area contributed by atoms with Gasteiger partial charge in [0, 0.05) is 5.56 Å². The molecule has 2 rings (SSSR count). The van der Waals surface area contributed by atoms with Crippen LogP contribution in [0.4, 0.5) is 0 Å². The maximum absolute atomic E-state index is 12.2. The maximum Gasteiger partial charge on any atom is 0.224 e. The largest absolute Gasteiger partial charge is 0.298 e. The summed E-state index contributed by atoms with van der Waals surface area (Å²) in [5.74, 6) is -0.427. The number of benzene rings is 1. The zero-order valence-electron chi connectivity index (χ0n) is 8.93. The van der Waals surface area contributed by atoms with E-state index in [2.05, 4.69) is 9.97 Å². The summed E-state index contributed by atoms with van der Waals surface area (Å²) in [4.78, 5) is 30.5. The second-order valence-corrected chi connectivity index (χ2v) is 4.05. The molecule has 0 spiro atoms. The van der Waals surface area contributed by atoms with Crippen LogP contribution in [0.1, 0.15) is 26.4 Å². The monoisotopic (exact) mass is 280 g/mol. The minimum Gasteiger partial charge on any atom is -0.298 e. The number of hydrogen-bond donors (Lipinski definition) is 0. The van der Waals surface area contributed by atoms with Crippen LogP contribution in [-0.4, -0.2) is 22.0 Å². The van der Waals surface area contributed by atoms with Crippen LogP contribution in [0.2, 0.25) is 10.4 Å². The SMILES string of the molecule is O=Cc1c(Cl)nc(Cl)nc1C(=O)c1ccccc1. The Morgan fingerprint density at radius 1 is 1.11 bits per heavy atom. The second kappa shape index (κ2) is 5.25. The van der Waals surface area contributed by atoms with Gasteiger partial charge in [0.15, 0.2) is 6.29 Å². The van der Waals surface area contributed by atoms with Crippen LogP contribution >= 0.6 is 23.2 Å². The van der Waals surface area contributed by atoms with E-state index in [1.54, 1.807) is 30.3 Å². The summed E-state index contributed by atoms with van der Waals surface area (Å²) in [5.41, 5.74) is 0.238. The molecule has 0 aliphatic rings. The fraction of sp³-hybridized carbons (Fsp3) is 0. The van der Waals surface area contributed by atoms with Gasteiger partial charge in [-0.2, -0.15) is 0 Å². The summed E-state index contributed by atoms with van der Waals surface area (Å²) in [5, 5.41) is -0.311. The number of ketones is 1. The van der Waals surface area contributed by atoms with Crippen molar-refractivity contribution in [3.05, 3.63) is 57.6 Å². The summed E-state index contributed by atoms with van der Waals surface area (Å²) >= 11 is 11.4. The van der Waals surface area contributed by atoms with Crippen LogP contribution in [0.15, 0.2) is 30.3 Å². The van der Waals surface area contributed by atoms with Gasteiger partial charge in [-0.25, -0.2) is 9.97 Å². The summed E-state index contributed by atoms with van der Waals surface area (Å²) in [6, 6.07) is 8.41. The van der Waals surface area contributed by atoms with Crippen LogP contribution in [0, 0.1) is 0 Å². The summed E-state index contributed by atoms with van der Waals surface area (Å²) in [6.07, 6.45) is 0.439. The fourth-order valence-electron chi connectivity index (χ4n) is 1.42. The predicted octanol–water partition coefficient (Wildman–Crippen LogP) is 2.83. The van der Waals surface area contributed by atoms with Crippen molar-refractivity contribution in [1.82, 2.24) is 9.97 Å². The third-order valence-electron chi connectivity index (χ3n) is 2.24. The first kappa shape index (κ1) is 12.7. The van der Waals surface area contributed by atoms with Gasteiger partial charge in [-0.05, 0) is 11.6 Å². The van der Waals surface area contributed by atoms with E-state index >= 15 is 0 Å². The van der Waals surface area contributed by atoms with E-state index in [0.717, 1.165) is 0 Å². The molecule has 18 heavy (non-hydrogen) atoms. The lowest BCUT2D eigenvalue weighted by atomic mass is 10.1. The summed E-state index contributed by atoms with van der Waals surface area (Å²) in [7, 11) is 0. The minimum atomic E-state index is -0.427. The first-order chi connectivity index (χ1) is 8.63. The molecule has 6 heteroatoms. The molecule has 90 valence electrons. The Bertz CT molecular complexity index is 615. The van der Waals surface area contributed by atoms with Gasteiger partial charge in [-0.3, -0.25) is 9.59 Å². The topological polar surface area (TPSA) is 59.9 Å². The van der Waals surface area contributed by atoms with Gasteiger partial charge in [0.25, 0.3) is 0 Å². The number of halogens is 2. The molecule has 0 saturated carbocycles. The Kier molecular flexibility index (Phi) is 3.69. The molecule has 1 aromatic carbocycles. The number of rotatable bonds is 3. The highest BCUT2D eigenvalue weighted by molar-refractivity contribution is 6.34. The summed E-state index contributed by atoms with van der Waals surface area (Å²) < 4.78 is 0. The third-order valence-corrected chi connectivity index (χ3v) is 2.70. The Morgan fingerprint density at radius 3 is 2.39 bits per heavy atom. The van der Waals surface area contributed by atoms with E-state index in [1.165, 1.54) is 0 Å². The fourth-order valence-corrected chi connectivity index (χ4v) is 1.85. The quantitative estimate of drug-likeness (QED) is 0.375. The molecule has 0 bridgehead atoms. The van der Waals surface area contributed by atoms with Crippen LogP contribution in [0.5, 0.6) is 0 Å². The average Bonchev–Trinajstić information content (AvgIpc) is 2.38. The van der Waals surface area contributed by atoms with Crippen LogP contribution in [0.25, 0.3) is 0 Å². The highest BCUT2D eigenvalue weighted by atomic mass is 35.5. The summed E-state index contributed by atoms with van der Waals surface area (Å²) in [6.45, 7) is 0. The van der Waals surface area contributed by atoms with Gasteiger partial charge in [0.2, 0.25) is 11.1 Å². The second-order valence-electron chi connectivity index (χ2n) is 3.36. The van der Waals surface area contributed by atoms with Crippen molar-refractivity contribution in [1.29, 1.82) is 0 Å². The molecule has 0 aliphatic heterocycles. The molecule has 0 amide bonds. The van der Waals surface area contributed by atoms with Crippen molar-refractivity contribution in [2.24, 2.45) is 0 Å². The van der Waals surface area contributed by atoms with Gasteiger partial charge < -0.3 is 0 Å². The molecule has 0 aliphatic carbocycles. The van der Waals surface area contributed by atoms with Gasteiger partial charge in [0.05, 0.1) is 5.56 Å². The number of nitrogens with zero attached hydrogens (tertiary/aromatic N) is 2. The number of hydrogen-bond acceptors (Lipinski definition) is 4. The molecule has 0 unspecified atom stereocenters. The van der Waals surface area contributed by atoms with Gasteiger partial charge >= 0.3 is 0 Å². The van der Waals surface area contributed by atoms with Crippen LogP contribution in [-0.2, 0) is 0 Å². The molecule has 0 N–H and O–H groups in total. The van der Waals surface area contributed by atoms with Crippen molar-refractivity contribution < 1.29 is 9.59 Å². The molecule has 0 atom stereocenters.